The summed E-state index contributed by atoms with van der Waals surface area (Å²) in [5.74, 6) is -0.774. The number of nitrogens with zero attached hydrogens (tertiary/aromatic N) is 1. The molecule has 0 spiro atoms. The van der Waals surface area contributed by atoms with Gasteiger partial charge in [-0.15, -0.1) is 0 Å². The monoisotopic (exact) mass is 568 g/mol. The predicted octanol–water partition coefficient (Wildman–Crippen LogP) is 5.27. The van der Waals surface area contributed by atoms with Gasteiger partial charge in [-0.2, -0.15) is 0 Å². The average molecular weight is 569 g/mol. The summed E-state index contributed by atoms with van der Waals surface area (Å²) in [6, 6.07) is 7.99. The van der Waals surface area contributed by atoms with Gasteiger partial charge in [-0.1, -0.05) is 46.8 Å². The quantitative estimate of drug-likeness (QED) is 0.519. The van der Waals surface area contributed by atoms with Crippen molar-refractivity contribution in [3.8, 4) is 5.75 Å². The molecule has 9 nitrogen and oxygen atoms in total. The van der Waals surface area contributed by atoms with E-state index in [2.05, 4.69) is 25.2 Å². The van der Waals surface area contributed by atoms with E-state index < -0.39 is 41.1 Å². The molecule has 9 heteroatoms. The maximum atomic E-state index is 14.0. The van der Waals surface area contributed by atoms with Crippen LogP contribution in [0.15, 0.2) is 30.3 Å². The molecule has 0 saturated carbocycles. The summed E-state index contributed by atoms with van der Waals surface area (Å²) in [4.78, 5) is 40.7. The molecule has 5 bridgehead atoms. The highest BCUT2D eigenvalue weighted by atomic mass is 16.5. The van der Waals surface area contributed by atoms with Gasteiger partial charge in [-0.3, -0.25) is 4.79 Å². The maximum Gasteiger partial charge on any atom is 0.407 e. The Morgan fingerprint density at radius 2 is 1.83 bits per heavy atom. The van der Waals surface area contributed by atoms with Crippen molar-refractivity contribution in [3.05, 3.63) is 41.5 Å². The lowest BCUT2D eigenvalue weighted by molar-refractivity contribution is -0.150. The van der Waals surface area contributed by atoms with Crippen molar-refractivity contribution in [2.75, 3.05) is 27.4 Å². The van der Waals surface area contributed by atoms with Gasteiger partial charge in [-0.25, -0.2) is 9.59 Å². The Balaban J connectivity index is 1.83. The number of alkyl carbamates (subject to hydrolysis) is 1. The predicted molar refractivity (Wildman–Crippen MR) is 156 cm³/mol. The molecule has 2 aromatic carbocycles. The number of nitrogens with one attached hydrogen (secondary N) is 1. The lowest BCUT2D eigenvalue weighted by Crippen LogP contribution is -2.57. The minimum Gasteiger partial charge on any atom is -0.496 e. The third-order valence-electron chi connectivity index (χ3n) is 8.74. The van der Waals surface area contributed by atoms with Crippen molar-refractivity contribution in [3.63, 3.8) is 0 Å². The SMILES string of the molecule is COc1cc2ccc3cc2cc1CCCC(C)(C)CCOC(=O)N[C@@H](C(C)(C)C)C(=O)N1C[C@@]3(OC)C[C@H]1C(=O)O. The summed E-state index contributed by atoms with van der Waals surface area (Å²) in [7, 11) is 3.22. The van der Waals surface area contributed by atoms with Gasteiger partial charge in [0.05, 0.1) is 20.3 Å². The molecule has 2 heterocycles. The van der Waals surface area contributed by atoms with Crippen LogP contribution in [-0.2, 0) is 31.1 Å². The van der Waals surface area contributed by atoms with Crippen LogP contribution in [0, 0.1) is 10.8 Å². The van der Waals surface area contributed by atoms with Gasteiger partial charge < -0.3 is 29.5 Å². The second kappa shape index (κ2) is 11.5. The lowest BCUT2D eigenvalue weighted by Gasteiger charge is -2.35. The molecule has 0 unspecified atom stereocenters. The molecule has 2 amide bonds. The number of hydrogen-bond donors (Lipinski definition) is 2. The number of ether oxygens (including phenoxy) is 3. The smallest absolute Gasteiger partial charge is 0.407 e. The Labute approximate surface area is 242 Å². The fourth-order valence-electron chi connectivity index (χ4n) is 6.07. The van der Waals surface area contributed by atoms with Crippen LogP contribution in [0.1, 0.15) is 71.4 Å². The van der Waals surface area contributed by atoms with Gasteiger partial charge in [0.1, 0.15) is 23.4 Å². The van der Waals surface area contributed by atoms with Crippen molar-refractivity contribution in [1.29, 1.82) is 0 Å². The molecule has 224 valence electrons. The highest BCUT2D eigenvalue weighted by molar-refractivity contribution is 5.91. The summed E-state index contributed by atoms with van der Waals surface area (Å²) in [6.07, 6.45) is 2.73. The molecule has 2 N–H and O–H groups in total. The van der Waals surface area contributed by atoms with E-state index in [1.165, 1.54) is 4.90 Å². The number of carboxylic acids is 1. The number of rotatable bonds is 3. The minimum atomic E-state index is -1.13. The standard InChI is InChI=1S/C32H44N2O7/c1-30(2,3)26-27(35)34-19-32(40-7,18-24(34)28(36)37)23-11-10-20-17-25(39-6)21(15-22(20)16-23)9-8-12-31(4,5)13-14-41-29(38)33-26/h10-11,15-17,24,26H,8-9,12-14,18-19H2,1-7H3,(H,33,38)(H,36,37)/t24-,26+,32-/m0/s1. The fraction of sp³-hybridized carbons (Fsp3) is 0.594. The Bertz CT molecular complexity index is 1320. The molecule has 41 heavy (non-hydrogen) atoms. The molecule has 1 fully saturated rings. The van der Waals surface area contributed by atoms with Crippen molar-refractivity contribution in [2.24, 2.45) is 10.8 Å². The van der Waals surface area contributed by atoms with E-state index >= 15 is 0 Å². The molecule has 0 aliphatic carbocycles. The van der Waals surface area contributed by atoms with Gasteiger partial charge in [0.2, 0.25) is 5.91 Å². The van der Waals surface area contributed by atoms with E-state index in [1.54, 1.807) is 14.2 Å². The molecule has 2 aromatic rings. The summed E-state index contributed by atoms with van der Waals surface area (Å²) >= 11 is 0. The number of aliphatic carboxylic acids is 1. The number of benzene rings is 2. The number of fused-ring (bicyclic) bond motifs is 5. The van der Waals surface area contributed by atoms with Crippen molar-refractivity contribution in [2.45, 2.75) is 84.4 Å². The fourth-order valence-corrected chi connectivity index (χ4v) is 6.07. The number of carbonyl (C=O) groups excluding carboxylic acids is 2. The van der Waals surface area contributed by atoms with Crippen LogP contribution < -0.4 is 10.1 Å². The largest absolute Gasteiger partial charge is 0.496 e. The van der Waals surface area contributed by atoms with E-state index in [4.69, 9.17) is 14.2 Å². The molecule has 2 aliphatic rings. The van der Waals surface area contributed by atoms with E-state index in [0.29, 0.717) is 6.42 Å². The zero-order valence-electron chi connectivity index (χ0n) is 25.3. The summed E-state index contributed by atoms with van der Waals surface area (Å²) in [6.45, 7) is 10.0. The van der Waals surface area contributed by atoms with E-state index in [9.17, 15) is 19.5 Å². The number of amides is 2. The Hall–Kier alpha value is -3.33. The highest BCUT2D eigenvalue weighted by Crippen LogP contribution is 2.42. The van der Waals surface area contributed by atoms with Crippen LogP contribution >= 0.6 is 0 Å². The first-order valence-corrected chi connectivity index (χ1v) is 14.3. The zero-order valence-corrected chi connectivity index (χ0v) is 25.3. The second-order valence-electron chi connectivity index (χ2n) is 13.3. The highest BCUT2D eigenvalue weighted by Gasteiger charge is 2.52. The summed E-state index contributed by atoms with van der Waals surface area (Å²) in [5, 5.41) is 14.9. The van der Waals surface area contributed by atoms with Crippen LogP contribution in [0.2, 0.25) is 0 Å². The zero-order chi connectivity index (χ0) is 30.2. The van der Waals surface area contributed by atoms with E-state index in [0.717, 1.165) is 46.9 Å². The van der Waals surface area contributed by atoms with Gasteiger partial charge in [0, 0.05) is 13.5 Å². The number of methoxy groups -OCH3 is 2. The average Bonchev–Trinajstić information content (AvgIpc) is 3.31. The van der Waals surface area contributed by atoms with E-state index in [1.807, 2.05) is 45.0 Å². The molecule has 3 atom stereocenters. The topological polar surface area (TPSA) is 114 Å². The second-order valence-corrected chi connectivity index (χ2v) is 13.3. The van der Waals surface area contributed by atoms with Crippen LogP contribution in [0.3, 0.4) is 0 Å². The molecular weight excluding hydrogens is 524 g/mol. The van der Waals surface area contributed by atoms with E-state index in [-0.39, 0.29) is 25.0 Å². The first kappa shape index (κ1) is 30.6. The summed E-state index contributed by atoms with van der Waals surface area (Å²) < 4.78 is 17.3. The van der Waals surface area contributed by atoms with Crippen molar-refractivity contribution < 1.29 is 33.7 Å². The third kappa shape index (κ3) is 6.45. The molecule has 2 aliphatic heterocycles. The van der Waals surface area contributed by atoms with Crippen LogP contribution in [-0.4, -0.2) is 67.4 Å². The Kier molecular flexibility index (Phi) is 8.60. The lowest BCUT2D eigenvalue weighted by atomic mass is 9.83. The number of cyclic esters (lactones) is 1. The molecule has 1 saturated heterocycles. The van der Waals surface area contributed by atoms with Crippen LogP contribution in [0.25, 0.3) is 10.8 Å². The Morgan fingerprint density at radius 1 is 1.10 bits per heavy atom. The number of hydrogen-bond acceptors (Lipinski definition) is 6. The molecule has 0 radical (unpaired) electrons. The van der Waals surface area contributed by atoms with Crippen LogP contribution in [0.5, 0.6) is 5.75 Å². The number of carbonyl (C=O) groups is 3. The van der Waals surface area contributed by atoms with Gasteiger partial charge in [0.15, 0.2) is 0 Å². The molecule has 4 rings (SSSR count). The Morgan fingerprint density at radius 3 is 2.46 bits per heavy atom. The minimum absolute atomic E-state index is 0.0331. The maximum absolute atomic E-state index is 14.0. The van der Waals surface area contributed by atoms with Crippen molar-refractivity contribution in [1.82, 2.24) is 10.2 Å². The molecular formula is C32H44N2O7. The number of carboxylic acid groups (broad SMARTS) is 1. The third-order valence-corrected chi connectivity index (χ3v) is 8.74. The van der Waals surface area contributed by atoms with Gasteiger partial charge in [0.25, 0.3) is 0 Å². The van der Waals surface area contributed by atoms with Crippen molar-refractivity contribution >= 4 is 28.7 Å². The first-order valence-electron chi connectivity index (χ1n) is 14.3. The van der Waals surface area contributed by atoms with Gasteiger partial charge in [-0.05, 0) is 76.6 Å². The first-order chi connectivity index (χ1) is 19.2. The summed E-state index contributed by atoms with van der Waals surface area (Å²) in [5.41, 5.74) is 0.0810. The van der Waals surface area contributed by atoms with Crippen LogP contribution in [0.4, 0.5) is 4.79 Å². The number of aryl methyl sites for hydroxylation is 1. The van der Waals surface area contributed by atoms with Gasteiger partial charge >= 0.3 is 12.1 Å². The molecule has 0 aromatic heterocycles. The normalized spacial score (nSPS) is 25.8.